The molecule has 2 N–H and O–H groups in total. The van der Waals surface area contributed by atoms with E-state index in [4.69, 9.17) is 0 Å². The molecule has 1 heterocycles. The lowest BCUT2D eigenvalue weighted by Crippen LogP contribution is -2.34. The molecular formula is C17H19N3O2. The maximum Gasteiger partial charge on any atom is 0.319 e. The summed E-state index contributed by atoms with van der Waals surface area (Å²) in [6.07, 6.45) is 3.88. The number of carbonyl (C=O) groups excluding carboxylic acids is 1. The molecule has 1 saturated carbocycles. The van der Waals surface area contributed by atoms with Gasteiger partial charge in [0.05, 0.1) is 11.7 Å². The number of aromatic nitrogens is 1. The summed E-state index contributed by atoms with van der Waals surface area (Å²) >= 11 is 0. The van der Waals surface area contributed by atoms with Crippen LogP contribution in [0.1, 0.15) is 24.4 Å². The predicted octanol–water partition coefficient (Wildman–Crippen LogP) is 2.66. The fraction of sp³-hybridized carbons (Fsp3) is 0.294. The standard InChI is InChI=1S/C17H19N3O2/c1-20-11-14(9-10-15(20)21)18-17(22)19-16(13-7-8-13)12-5-3-2-4-6-12/h2-6,9-11,13,16H,7-8H2,1H3,(H2,18,19,22)/t16-/m0/s1. The van der Waals surface area contributed by atoms with Crippen molar-refractivity contribution in [2.24, 2.45) is 13.0 Å². The van der Waals surface area contributed by atoms with Crippen LogP contribution in [0.15, 0.2) is 53.5 Å². The van der Waals surface area contributed by atoms with Gasteiger partial charge in [0.25, 0.3) is 0 Å². The van der Waals surface area contributed by atoms with Gasteiger partial charge >= 0.3 is 6.03 Å². The van der Waals surface area contributed by atoms with E-state index in [0.717, 1.165) is 18.4 Å². The Morgan fingerprint density at radius 2 is 1.91 bits per heavy atom. The van der Waals surface area contributed by atoms with Gasteiger partial charge in [-0.05, 0) is 30.4 Å². The molecule has 1 aliphatic rings. The van der Waals surface area contributed by atoms with Gasteiger partial charge in [0.15, 0.2) is 0 Å². The van der Waals surface area contributed by atoms with Gasteiger partial charge < -0.3 is 15.2 Å². The third kappa shape index (κ3) is 3.36. The van der Waals surface area contributed by atoms with E-state index in [0.29, 0.717) is 11.6 Å². The number of nitrogens with one attached hydrogen (secondary N) is 2. The van der Waals surface area contributed by atoms with Gasteiger partial charge in [0, 0.05) is 19.3 Å². The lowest BCUT2D eigenvalue weighted by molar-refractivity contribution is 0.247. The number of aryl methyl sites for hydroxylation is 1. The molecule has 5 nitrogen and oxygen atoms in total. The number of urea groups is 1. The first-order chi connectivity index (χ1) is 10.6. The molecule has 1 fully saturated rings. The van der Waals surface area contributed by atoms with Crippen LogP contribution >= 0.6 is 0 Å². The van der Waals surface area contributed by atoms with E-state index < -0.39 is 0 Å². The van der Waals surface area contributed by atoms with Crippen LogP contribution < -0.4 is 16.2 Å². The molecule has 0 aliphatic heterocycles. The Balaban J connectivity index is 1.69. The first-order valence-electron chi connectivity index (χ1n) is 7.42. The topological polar surface area (TPSA) is 63.1 Å². The van der Waals surface area contributed by atoms with Gasteiger partial charge in [-0.1, -0.05) is 30.3 Å². The van der Waals surface area contributed by atoms with Crippen molar-refractivity contribution in [2.75, 3.05) is 5.32 Å². The predicted molar refractivity (Wildman–Crippen MR) is 85.7 cm³/mol. The zero-order valence-corrected chi connectivity index (χ0v) is 12.5. The molecule has 5 heteroatoms. The highest BCUT2D eigenvalue weighted by molar-refractivity contribution is 5.89. The van der Waals surface area contributed by atoms with Crippen molar-refractivity contribution in [1.82, 2.24) is 9.88 Å². The molecule has 0 bridgehead atoms. The van der Waals surface area contributed by atoms with Gasteiger partial charge in [-0.2, -0.15) is 0 Å². The quantitative estimate of drug-likeness (QED) is 0.911. The summed E-state index contributed by atoms with van der Waals surface area (Å²) in [7, 11) is 1.66. The Bertz CT molecular complexity index is 720. The second-order valence-electron chi connectivity index (χ2n) is 5.69. The van der Waals surface area contributed by atoms with Crippen LogP contribution in [0.3, 0.4) is 0 Å². The van der Waals surface area contributed by atoms with Crippen LogP contribution in [0, 0.1) is 5.92 Å². The van der Waals surface area contributed by atoms with E-state index in [-0.39, 0.29) is 17.6 Å². The lowest BCUT2D eigenvalue weighted by Gasteiger charge is -2.19. The second kappa shape index (κ2) is 6.05. The van der Waals surface area contributed by atoms with Crippen LogP contribution in [-0.4, -0.2) is 10.6 Å². The van der Waals surface area contributed by atoms with Gasteiger partial charge in [0.1, 0.15) is 0 Å². The van der Waals surface area contributed by atoms with Crippen LogP contribution in [0.2, 0.25) is 0 Å². The SMILES string of the molecule is Cn1cc(NC(=O)N[C@@H](c2ccccc2)C2CC2)ccc1=O. The second-order valence-corrected chi connectivity index (χ2v) is 5.69. The Morgan fingerprint density at radius 3 is 2.55 bits per heavy atom. The maximum absolute atomic E-state index is 12.2. The number of hydrogen-bond donors (Lipinski definition) is 2. The van der Waals surface area contributed by atoms with E-state index in [1.165, 1.54) is 10.6 Å². The Kier molecular flexibility index (Phi) is 3.96. The fourth-order valence-corrected chi connectivity index (χ4v) is 2.54. The van der Waals surface area contributed by atoms with Crippen molar-refractivity contribution in [3.05, 3.63) is 64.6 Å². The van der Waals surface area contributed by atoms with Gasteiger partial charge in [-0.3, -0.25) is 4.79 Å². The number of nitrogens with zero attached hydrogens (tertiary/aromatic N) is 1. The summed E-state index contributed by atoms with van der Waals surface area (Å²) < 4.78 is 1.44. The van der Waals surface area contributed by atoms with Gasteiger partial charge in [-0.15, -0.1) is 0 Å². The molecule has 22 heavy (non-hydrogen) atoms. The van der Waals surface area contributed by atoms with E-state index in [1.807, 2.05) is 30.3 Å². The van der Waals surface area contributed by atoms with Crippen LogP contribution in [0.25, 0.3) is 0 Å². The number of rotatable bonds is 4. The van der Waals surface area contributed by atoms with Crippen molar-refractivity contribution in [3.63, 3.8) is 0 Å². The number of hydrogen-bond acceptors (Lipinski definition) is 2. The van der Waals surface area contributed by atoms with Crippen molar-refractivity contribution in [3.8, 4) is 0 Å². The number of pyridine rings is 1. The molecule has 0 saturated heterocycles. The molecule has 0 radical (unpaired) electrons. The largest absolute Gasteiger partial charge is 0.331 e. The van der Waals surface area contributed by atoms with Crippen molar-refractivity contribution >= 4 is 11.7 Å². The smallest absolute Gasteiger partial charge is 0.319 e. The van der Waals surface area contributed by atoms with Gasteiger partial charge in [0.2, 0.25) is 5.56 Å². The Labute approximate surface area is 129 Å². The van der Waals surface area contributed by atoms with E-state index in [9.17, 15) is 9.59 Å². The Hall–Kier alpha value is -2.56. The van der Waals surface area contributed by atoms with Gasteiger partial charge in [-0.25, -0.2) is 4.79 Å². The number of anilines is 1. The average molecular weight is 297 g/mol. The first-order valence-corrected chi connectivity index (χ1v) is 7.42. The zero-order chi connectivity index (χ0) is 15.5. The molecule has 1 aromatic heterocycles. The molecular weight excluding hydrogens is 278 g/mol. The van der Waals surface area contributed by atoms with Crippen LogP contribution in [0.5, 0.6) is 0 Å². The summed E-state index contributed by atoms with van der Waals surface area (Å²) in [6, 6.07) is 12.8. The van der Waals surface area contributed by atoms with E-state index >= 15 is 0 Å². The third-order valence-corrected chi connectivity index (χ3v) is 3.88. The van der Waals surface area contributed by atoms with E-state index in [1.54, 1.807) is 19.3 Å². The molecule has 114 valence electrons. The number of carbonyl (C=O) groups is 1. The minimum atomic E-state index is -0.251. The summed E-state index contributed by atoms with van der Waals surface area (Å²) in [6.45, 7) is 0. The molecule has 1 atom stereocenters. The normalized spacial score (nSPS) is 15.1. The summed E-state index contributed by atoms with van der Waals surface area (Å²) in [5, 5.41) is 5.82. The van der Waals surface area contributed by atoms with Crippen LogP contribution in [-0.2, 0) is 7.05 Å². The van der Waals surface area contributed by atoms with Crippen molar-refractivity contribution < 1.29 is 4.79 Å². The lowest BCUT2D eigenvalue weighted by atomic mass is 10.0. The summed E-state index contributed by atoms with van der Waals surface area (Å²) in [5.41, 5.74) is 1.62. The number of amides is 2. The first kappa shape index (κ1) is 14.4. The molecule has 3 rings (SSSR count). The highest BCUT2D eigenvalue weighted by atomic mass is 16.2. The Morgan fingerprint density at radius 1 is 1.18 bits per heavy atom. The molecule has 2 amide bonds. The summed E-state index contributed by atoms with van der Waals surface area (Å²) in [5.74, 6) is 0.508. The maximum atomic E-state index is 12.2. The molecule has 2 aromatic rings. The van der Waals surface area contributed by atoms with E-state index in [2.05, 4.69) is 10.6 Å². The third-order valence-electron chi connectivity index (χ3n) is 3.88. The molecule has 0 spiro atoms. The fourth-order valence-electron chi connectivity index (χ4n) is 2.54. The zero-order valence-electron chi connectivity index (χ0n) is 12.5. The molecule has 0 unspecified atom stereocenters. The van der Waals surface area contributed by atoms with Crippen molar-refractivity contribution in [1.29, 1.82) is 0 Å². The molecule has 1 aromatic carbocycles. The monoisotopic (exact) mass is 297 g/mol. The molecule has 1 aliphatic carbocycles. The minimum absolute atomic E-state index is 0.0359. The minimum Gasteiger partial charge on any atom is -0.331 e. The highest BCUT2D eigenvalue weighted by Crippen LogP contribution is 2.40. The number of benzene rings is 1. The highest BCUT2D eigenvalue weighted by Gasteiger charge is 2.33. The van der Waals surface area contributed by atoms with Crippen LogP contribution in [0.4, 0.5) is 10.5 Å². The average Bonchev–Trinajstić information content (AvgIpc) is 3.34. The summed E-state index contributed by atoms with van der Waals surface area (Å²) in [4.78, 5) is 23.6. The van der Waals surface area contributed by atoms with Crippen molar-refractivity contribution in [2.45, 2.75) is 18.9 Å².